The van der Waals surface area contributed by atoms with Crippen molar-refractivity contribution in [3.05, 3.63) is 0 Å². The van der Waals surface area contributed by atoms with E-state index < -0.39 is 6.10 Å². The van der Waals surface area contributed by atoms with E-state index in [2.05, 4.69) is 5.32 Å². The third-order valence-corrected chi connectivity index (χ3v) is 2.45. The third-order valence-electron chi connectivity index (χ3n) is 2.45. The molecule has 0 aromatic heterocycles. The van der Waals surface area contributed by atoms with E-state index in [0.717, 1.165) is 6.54 Å². The van der Waals surface area contributed by atoms with Crippen molar-refractivity contribution < 1.29 is 14.3 Å². The molecule has 6 nitrogen and oxygen atoms in total. The number of rotatable bonds is 3. The van der Waals surface area contributed by atoms with Crippen LogP contribution in [0.4, 0.5) is 0 Å². The molecule has 2 amide bonds. The summed E-state index contributed by atoms with van der Waals surface area (Å²) in [5.74, 6) is -0.248. The van der Waals surface area contributed by atoms with E-state index in [4.69, 9.17) is 4.74 Å². The molecule has 1 saturated heterocycles. The Kier molecular flexibility index (Phi) is 4.70. The minimum atomic E-state index is -0.464. The smallest absolute Gasteiger partial charge is 0.253 e. The number of nitrogens with zero attached hydrogens (tertiary/aromatic N) is 2. The Hall–Kier alpha value is -1.14. The first kappa shape index (κ1) is 12.9. The topological polar surface area (TPSA) is 61.9 Å². The summed E-state index contributed by atoms with van der Waals surface area (Å²) >= 11 is 0. The average molecular weight is 229 g/mol. The van der Waals surface area contributed by atoms with E-state index >= 15 is 0 Å². The van der Waals surface area contributed by atoms with Crippen LogP contribution in [0.25, 0.3) is 0 Å². The van der Waals surface area contributed by atoms with Gasteiger partial charge in [0, 0.05) is 34.2 Å². The quantitative estimate of drug-likeness (QED) is 0.641. The predicted molar refractivity (Wildman–Crippen MR) is 58.9 cm³/mol. The fourth-order valence-corrected chi connectivity index (χ4v) is 1.39. The van der Waals surface area contributed by atoms with Crippen molar-refractivity contribution in [3.63, 3.8) is 0 Å². The lowest BCUT2D eigenvalue weighted by atomic mass is 10.2. The molecule has 0 bridgehead atoms. The minimum Gasteiger partial charge on any atom is -0.366 e. The number of hydrogen-bond acceptors (Lipinski definition) is 4. The molecule has 0 aromatic rings. The first-order valence-corrected chi connectivity index (χ1v) is 5.30. The van der Waals surface area contributed by atoms with Crippen LogP contribution in [0.5, 0.6) is 0 Å². The van der Waals surface area contributed by atoms with E-state index in [0.29, 0.717) is 13.2 Å². The molecule has 6 heteroatoms. The standard InChI is InChI=1S/C10H19N3O3/c1-12(2)9(14)7-13(3)10(15)8-6-11-4-5-16-8/h8,11H,4-7H2,1-3H3. The average Bonchev–Trinajstić information content (AvgIpc) is 2.28. The number of nitrogens with one attached hydrogen (secondary N) is 1. The number of likely N-dealkylation sites (N-methyl/N-ethyl adjacent to an activating group) is 2. The van der Waals surface area contributed by atoms with Crippen molar-refractivity contribution in [2.24, 2.45) is 0 Å². The summed E-state index contributed by atoms with van der Waals surface area (Å²) in [6, 6.07) is 0. The molecule has 1 aliphatic heterocycles. The van der Waals surface area contributed by atoms with Crippen molar-refractivity contribution in [1.29, 1.82) is 0 Å². The van der Waals surface area contributed by atoms with Gasteiger partial charge in [-0.1, -0.05) is 0 Å². The second-order valence-electron chi connectivity index (χ2n) is 4.05. The largest absolute Gasteiger partial charge is 0.366 e. The Labute approximate surface area is 95.5 Å². The molecule has 1 rings (SSSR count). The van der Waals surface area contributed by atoms with Gasteiger partial charge in [-0.05, 0) is 0 Å². The molecule has 16 heavy (non-hydrogen) atoms. The SMILES string of the molecule is CN(C)C(=O)CN(C)C(=O)C1CNCCO1. The van der Waals surface area contributed by atoms with Crippen LogP contribution < -0.4 is 5.32 Å². The van der Waals surface area contributed by atoms with Crippen LogP contribution in [0.2, 0.25) is 0 Å². The van der Waals surface area contributed by atoms with Crippen molar-refractivity contribution in [2.75, 3.05) is 47.4 Å². The molecule has 0 spiro atoms. The fourth-order valence-electron chi connectivity index (χ4n) is 1.39. The predicted octanol–water partition coefficient (Wildman–Crippen LogP) is -1.48. The van der Waals surface area contributed by atoms with Gasteiger partial charge in [-0.2, -0.15) is 0 Å². The summed E-state index contributed by atoms with van der Waals surface area (Å²) in [6.07, 6.45) is -0.464. The van der Waals surface area contributed by atoms with Gasteiger partial charge in [-0.3, -0.25) is 9.59 Å². The molecule has 1 atom stereocenters. The molecule has 0 saturated carbocycles. The van der Waals surface area contributed by atoms with Gasteiger partial charge in [-0.25, -0.2) is 0 Å². The highest BCUT2D eigenvalue weighted by atomic mass is 16.5. The molecule has 0 aromatic carbocycles. The lowest BCUT2D eigenvalue weighted by Crippen LogP contribution is -2.50. The number of carbonyl (C=O) groups excluding carboxylic acids is 2. The molecule has 0 aliphatic carbocycles. The molecule has 1 unspecified atom stereocenters. The maximum Gasteiger partial charge on any atom is 0.253 e. The van der Waals surface area contributed by atoms with Crippen molar-refractivity contribution >= 4 is 11.8 Å². The normalized spacial score (nSPS) is 20.3. The lowest BCUT2D eigenvalue weighted by Gasteiger charge is -2.27. The van der Waals surface area contributed by atoms with E-state index in [9.17, 15) is 9.59 Å². The molecule has 0 radical (unpaired) electrons. The van der Waals surface area contributed by atoms with E-state index in [1.807, 2.05) is 0 Å². The van der Waals surface area contributed by atoms with E-state index in [1.165, 1.54) is 9.80 Å². The molecular weight excluding hydrogens is 210 g/mol. The molecular formula is C10H19N3O3. The number of ether oxygens (including phenoxy) is 1. The van der Waals surface area contributed by atoms with Gasteiger partial charge in [0.25, 0.3) is 5.91 Å². The zero-order chi connectivity index (χ0) is 12.1. The van der Waals surface area contributed by atoms with E-state index in [1.54, 1.807) is 21.1 Å². The van der Waals surface area contributed by atoms with Gasteiger partial charge in [-0.15, -0.1) is 0 Å². The summed E-state index contributed by atoms with van der Waals surface area (Å²) in [5, 5.41) is 3.08. The molecule has 1 heterocycles. The second kappa shape index (κ2) is 5.81. The van der Waals surface area contributed by atoms with Crippen LogP contribution in [-0.2, 0) is 14.3 Å². The van der Waals surface area contributed by atoms with Gasteiger partial charge in [0.15, 0.2) is 0 Å². The van der Waals surface area contributed by atoms with Gasteiger partial charge >= 0.3 is 0 Å². The second-order valence-corrected chi connectivity index (χ2v) is 4.05. The highest BCUT2D eigenvalue weighted by Crippen LogP contribution is 2.01. The van der Waals surface area contributed by atoms with Gasteiger partial charge in [0.05, 0.1) is 13.2 Å². The zero-order valence-electron chi connectivity index (χ0n) is 10.0. The van der Waals surface area contributed by atoms with Crippen LogP contribution in [0.3, 0.4) is 0 Å². The summed E-state index contributed by atoms with van der Waals surface area (Å²) < 4.78 is 5.32. The highest BCUT2D eigenvalue weighted by Gasteiger charge is 2.26. The number of amides is 2. The summed E-state index contributed by atoms with van der Waals surface area (Å²) in [6.45, 7) is 1.90. The number of morpholine rings is 1. The van der Waals surface area contributed by atoms with Gasteiger partial charge in [0.1, 0.15) is 6.10 Å². The number of carbonyl (C=O) groups is 2. The third kappa shape index (κ3) is 3.46. The monoisotopic (exact) mass is 229 g/mol. The molecule has 1 N–H and O–H groups in total. The lowest BCUT2D eigenvalue weighted by molar-refractivity contribution is -0.147. The summed E-state index contributed by atoms with van der Waals surface area (Å²) in [7, 11) is 4.94. The maximum absolute atomic E-state index is 11.8. The van der Waals surface area contributed by atoms with Crippen LogP contribution >= 0.6 is 0 Å². The highest BCUT2D eigenvalue weighted by molar-refractivity contribution is 5.86. The van der Waals surface area contributed by atoms with Crippen molar-refractivity contribution in [1.82, 2.24) is 15.1 Å². The van der Waals surface area contributed by atoms with Crippen LogP contribution in [0, 0.1) is 0 Å². The summed E-state index contributed by atoms with van der Waals surface area (Å²) in [4.78, 5) is 26.1. The Bertz CT molecular complexity index is 262. The molecule has 1 fully saturated rings. The van der Waals surface area contributed by atoms with Crippen molar-refractivity contribution in [3.8, 4) is 0 Å². The first-order valence-electron chi connectivity index (χ1n) is 5.30. The molecule has 92 valence electrons. The minimum absolute atomic E-state index is 0.0890. The fraction of sp³-hybridized carbons (Fsp3) is 0.800. The maximum atomic E-state index is 11.8. The molecule has 1 aliphatic rings. The Morgan fingerprint density at radius 3 is 2.56 bits per heavy atom. The summed E-state index contributed by atoms with van der Waals surface area (Å²) in [5.41, 5.74) is 0. The van der Waals surface area contributed by atoms with Gasteiger partial charge in [0.2, 0.25) is 5.91 Å². The number of hydrogen-bond donors (Lipinski definition) is 1. The Morgan fingerprint density at radius 1 is 1.38 bits per heavy atom. The Morgan fingerprint density at radius 2 is 2.06 bits per heavy atom. The van der Waals surface area contributed by atoms with Crippen LogP contribution in [0.1, 0.15) is 0 Å². The van der Waals surface area contributed by atoms with Gasteiger partial charge < -0.3 is 19.9 Å². The van der Waals surface area contributed by atoms with Crippen LogP contribution in [-0.4, -0.2) is 75.1 Å². The Balaban J connectivity index is 2.43. The van der Waals surface area contributed by atoms with Crippen LogP contribution in [0.15, 0.2) is 0 Å². The van der Waals surface area contributed by atoms with E-state index in [-0.39, 0.29) is 18.4 Å². The zero-order valence-corrected chi connectivity index (χ0v) is 10.0. The first-order chi connectivity index (χ1) is 7.52. The van der Waals surface area contributed by atoms with Crippen molar-refractivity contribution in [2.45, 2.75) is 6.10 Å².